The molecular weight excluding hydrogens is 248 g/mol. The molecule has 0 fully saturated rings. The van der Waals surface area contributed by atoms with Crippen molar-refractivity contribution in [2.45, 2.75) is 44.7 Å². The Bertz CT molecular complexity index is 431. The Hall–Kier alpha value is -1.06. The van der Waals surface area contributed by atoms with Crippen LogP contribution in [0.1, 0.15) is 43.4 Å². The molecule has 0 aromatic heterocycles. The molecule has 0 saturated heterocycles. The van der Waals surface area contributed by atoms with Gasteiger partial charge in [0.05, 0.1) is 7.11 Å². The lowest BCUT2D eigenvalue weighted by Gasteiger charge is -2.30. The van der Waals surface area contributed by atoms with Gasteiger partial charge in [0.15, 0.2) is 0 Å². The number of ether oxygens (including phenoxy) is 1. The van der Waals surface area contributed by atoms with Crippen LogP contribution in [0.2, 0.25) is 0 Å². The SMILES string of the molecule is COc1ccc2c(c1)CCCC2NC(C)CCN(C)C. The predicted molar refractivity (Wildman–Crippen MR) is 84.4 cm³/mol. The van der Waals surface area contributed by atoms with Gasteiger partial charge in [-0.3, -0.25) is 0 Å². The summed E-state index contributed by atoms with van der Waals surface area (Å²) in [5.41, 5.74) is 2.92. The summed E-state index contributed by atoms with van der Waals surface area (Å²) in [7, 11) is 6.01. The third-order valence-electron chi connectivity index (χ3n) is 4.16. The van der Waals surface area contributed by atoms with E-state index in [0.29, 0.717) is 12.1 Å². The fraction of sp³-hybridized carbons (Fsp3) is 0.647. The van der Waals surface area contributed by atoms with Gasteiger partial charge in [-0.15, -0.1) is 0 Å². The summed E-state index contributed by atoms with van der Waals surface area (Å²) in [4.78, 5) is 2.25. The Morgan fingerprint density at radius 2 is 2.20 bits per heavy atom. The molecule has 3 nitrogen and oxygen atoms in total. The van der Waals surface area contributed by atoms with E-state index >= 15 is 0 Å². The fourth-order valence-corrected chi connectivity index (χ4v) is 2.97. The molecule has 20 heavy (non-hydrogen) atoms. The van der Waals surface area contributed by atoms with Gasteiger partial charge in [0.2, 0.25) is 0 Å². The maximum Gasteiger partial charge on any atom is 0.119 e. The van der Waals surface area contributed by atoms with Gasteiger partial charge < -0.3 is 15.0 Å². The molecule has 1 N–H and O–H groups in total. The highest BCUT2D eigenvalue weighted by Gasteiger charge is 2.21. The van der Waals surface area contributed by atoms with Crippen LogP contribution in [0.15, 0.2) is 18.2 Å². The van der Waals surface area contributed by atoms with E-state index in [2.05, 4.69) is 49.4 Å². The normalized spacial score (nSPS) is 19.8. The molecule has 0 heterocycles. The Kier molecular flexibility index (Phi) is 5.44. The number of hydrogen-bond donors (Lipinski definition) is 1. The topological polar surface area (TPSA) is 24.5 Å². The average Bonchev–Trinajstić information content (AvgIpc) is 2.45. The van der Waals surface area contributed by atoms with Crippen LogP contribution in [0.4, 0.5) is 0 Å². The van der Waals surface area contributed by atoms with Gasteiger partial charge in [-0.1, -0.05) is 6.07 Å². The summed E-state index contributed by atoms with van der Waals surface area (Å²) in [5.74, 6) is 0.977. The molecule has 0 amide bonds. The first-order valence-corrected chi connectivity index (χ1v) is 7.67. The number of rotatable bonds is 6. The minimum Gasteiger partial charge on any atom is -0.497 e. The molecule has 3 heteroatoms. The van der Waals surface area contributed by atoms with Gasteiger partial charge in [0.25, 0.3) is 0 Å². The number of fused-ring (bicyclic) bond motifs is 1. The highest BCUT2D eigenvalue weighted by molar-refractivity contribution is 5.39. The molecule has 2 atom stereocenters. The zero-order valence-electron chi connectivity index (χ0n) is 13.3. The molecule has 0 aliphatic heterocycles. The van der Waals surface area contributed by atoms with Crippen molar-refractivity contribution in [3.05, 3.63) is 29.3 Å². The Morgan fingerprint density at radius 1 is 1.40 bits per heavy atom. The number of nitrogens with one attached hydrogen (secondary N) is 1. The highest BCUT2D eigenvalue weighted by Crippen LogP contribution is 2.32. The molecule has 1 aliphatic carbocycles. The van der Waals surface area contributed by atoms with Crippen molar-refractivity contribution in [1.29, 1.82) is 0 Å². The molecular formula is C17H28N2O. The zero-order chi connectivity index (χ0) is 14.5. The number of nitrogens with zero attached hydrogens (tertiary/aromatic N) is 1. The first-order chi connectivity index (χ1) is 9.60. The van der Waals surface area contributed by atoms with E-state index in [-0.39, 0.29) is 0 Å². The Morgan fingerprint density at radius 3 is 2.90 bits per heavy atom. The second-order valence-corrected chi connectivity index (χ2v) is 6.17. The predicted octanol–water partition coefficient (Wildman–Crippen LogP) is 3.00. The molecule has 0 bridgehead atoms. The van der Waals surface area contributed by atoms with E-state index in [1.165, 1.54) is 36.8 Å². The van der Waals surface area contributed by atoms with Gasteiger partial charge in [-0.05, 0) is 76.5 Å². The van der Waals surface area contributed by atoms with Crippen molar-refractivity contribution >= 4 is 0 Å². The maximum absolute atomic E-state index is 5.34. The van der Waals surface area contributed by atoms with Crippen LogP contribution in [-0.2, 0) is 6.42 Å². The van der Waals surface area contributed by atoms with E-state index < -0.39 is 0 Å². The Labute approximate surface area is 123 Å². The van der Waals surface area contributed by atoms with Gasteiger partial charge >= 0.3 is 0 Å². The standard InChI is InChI=1S/C17H28N2O/c1-13(10-11-19(2)3)18-17-7-5-6-14-12-15(20-4)8-9-16(14)17/h8-9,12-13,17-18H,5-7,10-11H2,1-4H3. The number of methoxy groups -OCH3 is 1. The van der Waals surface area contributed by atoms with Crippen molar-refractivity contribution in [2.75, 3.05) is 27.7 Å². The monoisotopic (exact) mass is 276 g/mol. The minimum atomic E-state index is 0.502. The van der Waals surface area contributed by atoms with Crippen molar-refractivity contribution < 1.29 is 4.74 Å². The van der Waals surface area contributed by atoms with Gasteiger partial charge in [0, 0.05) is 12.1 Å². The summed E-state index contributed by atoms with van der Waals surface area (Å²) in [6.45, 7) is 3.43. The van der Waals surface area contributed by atoms with Crippen molar-refractivity contribution in [3.63, 3.8) is 0 Å². The van der Waals surface area contributed by atoms with Crippen LogP contribution in [0.3, 0.4) is 0 Å². The third-order valence-corrected chi connectivity index (χ3v) is 4.16. The second kappa shape index (κ2) is 7.09. The van der Waals surface area contributed by atoms with E-state index in [9.17, 15) is 0 Å². The lowest BCUT2D eigenvalue weighted by atomic mass is 9.87. The maximum atomic E-state index is 5.34. The lowest BCUT2D eigenvalue weighted by Crippen LogP contribution is -2.34. The van der Waals surface area contributed by atoms with Crippen LogP contribution in [0, 0.1) is 0 Å². The number of benzene rings is 1. The van der Waals surface area contributed by atoms with Crippen molar-refractivity contribution in [3.8, 4) is 5.75 Å². The molecule has 2 unspecified atom stereocenters. The van der Waals surface area contributed by atoms with E-state index in [4.69, 9.17) is 4.74 Å². The number of hydrogen-bond acceptors (Lipinski definition) is 3. The molecule has 0 spiro atoms. The summed E-state index contributed by atoms with van der Waals surface area (Å²) < 4.78 is 5.34. The number of aryl methyl sites for hydroxylation is 1. The van der Waals surface area contributed by atoms with Gasteiger partial charge in [0.1, 0.15) is 5.75 Å². The van der Waals surface area contributed by atoms with Crippen molar-refractivity contribution in [2.24, 2.45) is 0 Å². The van der Waals surface area contributed by atoms with Crippen LogP contribution in [0.5, 0.6) is 5.75 Å². The molecule has 0 radical (unpaired) electrons. The zero-order valence-corrected chi connectivity index (χ0v) is 13.3. The van der Waals surface area contributed by atoms with Crippen LogP contribution >= 0.6 is 0 Å². The highest BCUT2D eigenvalue weighted by atomic mass is 16.5. The van der Waals surface area contributed by atoms with E-state index in [0.717, 1.165) is 12.3 Å². The first kappa shape index (κ1) is 15.3. The molecule has 1 aromatic rings. The first-order valence-electron chi connectivity index (χ1n) is 7.67. The largest absolute Gasteiger partial charge is 0.497 e. The summed E-state index contributed by atoms with van der Waals surface area (Å²) in [6, 6.07) is 7.58. The Balaban J connectivity index is 2.01. The van der Waals surface area contributed by atoms with E-state index in [1.54, 1.807) is 7.11 Å². The fourth-order valence-electron chi connectivity index (χ4n) is 2.97. The van der Waals surface area contributed by atoms with Crippen LogP contribution in [0.25, 0.3) is 0 Å². The lowest BCUT2D eigenvalue weighted by molar-refractivity contribution is 0.338. The van der Waals surface area contributed by atoms with Gasteiger partial charge in [-0.2, -0.15) is 0 Å². The van der Waals surface area contributed by atoms with E-state index in [1.807, 2.05) is 0 Å². The minimum absolute atomic E-state index is 0.502. The van der Waals surface area contributed by atoms with Crippen molar-refractivity contribution in [1.82, 2.24) is 10.2 Å². The quantitative estimate of drug-likeness (QED) is 0.864. The smallest absolute Gasteiger partial charge is 0.119 e. The summed E-state index contributed by atoms with van der Waals surface area (Å²) in [6.07, 6.45) is 4.87. The summed E-state index contributed by atoms with van der Waals surface area (Å²) in [5, 5.41) is 3.80. The molecule has 112 valence electrons. The molecule has 1 aliphatic rings. The molecule has 2 rings (SSSR count). The van der Waals surface area contributed by atoms with Crippen LogP contribution in [-0.4, -0.2) is 38.7 Å². The molecule has 0 saturated carbocycles. The molecule has 1 aromatic carbocycles. The third kappa shape index (κ3) is 3.97. The average molecular weight is 276 g/mol. The second-order valence-electron chi connectivity index (χ2n) is 6.17. The summed E-state index contributed by atoms with van der Waals surface area (Å²) >= 11 is 0. The van der Waals surface area contributed by atoms with Crippen LogP contribution < -0.4 is 10.1 Å². The van der Waals surface area contributed by atoms with Gasteiger partial charge in [-0.25, -0.2) is 0 Å².